The number of rotatable bonds is 4. The van der Waals surface area contributed by atoms with Crippen molar-refractivity contribution in [2.24, 2.45) is 5.92 Å². The molecule has 2 unspecified atom stereocenters. The van der Waals surface area contributed by atoms with Crippen LogP contribution in [0.5, 0.6) is 0 Å². The summed E-state index contributed by atoms with van der Waals surface area (Å²) in [5.41, 5.74) is 0.226. The van der Waals surface area contributed by atoms with Crippen LogP contribution in [-0.2, 0) is 0 Å². The fourth-order valence-corrected chi connectivity index (χ4v) is 3.22. The first-order chi connectivity index (χ1) is 9.46. The van der Waals surface area contributed by atoms with Gasteiger partial charge in [0.05, 0.1) is 17.7 Å². The smallest absolute Gasteiger partial charge is 0.337 e. The zero-order valence-electron chi connectivity index (χ0n) is 11.5. The minimum Gasteiger partial charge on any atom is -0.478 e. The monoisotopic (exact) mass is 297 g/mol. The summed E-state index contributed by atoms with van der Waals surface area (Å²) in [7, 11) is 0. The zero-order chi connectivity index (χ0) is 14.8. The molecule has 1 aliphatic rings. The molecule has 0 radical (unpaired) electrons. The van der Waals surface area contributed by atoms with Gasteiger partial charge in [0.2, 0.25) is 0 Å². The second-order valence-corrected chi connectivity index (χ2v) is 6.20. The molecule has 0 bridgehead atoms. The molecule has 0 spiro atoms. The molecule has 0 amide bonds. The van der Waals surface area contributed by atoms with Crippen molar-refractivity contribution in [3.05, 3.63) is 28.8 Å². The van der Waals surface area contributed by atoms with Crippen LogP contribution in [0.4, 0.5) is 5.69 Å². The van der Waals surface area contributed by atoms with E-state index in [0.717, 1.165) is 25.7 Å². The SMILES string of the molecule is CC1CCCC(CO)(Nc2ccc(Cl)cc2C(=O)O)C1. The highest BCUT2D eigenvalue weighted by Gasteiger charge is 2.35. The number of aliphatic hydroxyl groups excluding tert-OH is 1. The largest absolute Gasteiger partial charge is 0.478 e. The van der Waals surface area contributed by atoms with Gasteiger partial charge in [0.1, 0.15) is 0 Å². The van der Waals surface area contributed by atoms with Crippen molar-refractivity contribution in [2.45, 2.75) is 38.1 Å². The summed E-state index contributed by atoms with van der Waals surface area (Å²) < 4.78 is 0. The highest BCUT2D eigenvalue weighted by atomic mass is 35.5. The lowest BCUT2D eigenvalue weighted by molar-refractivity contribution is 0.0697. The number of hydrogen-bond donors (Lipinski definition) is 3. The predicted molar refractivity (Wildman–Crippen MR) is 79.5 cm³/mol. The van der Waals surface area contributed by atoms with Crippen LogP contribution in [0, 0.1) is 5.92 Å². The van der Waals surface area contributed by atoms with E-state index in [4.69, 9.17) is 11.6 Å². The van der Waals surface area contributed by atoms with E-state index in [0.29, 0.717) is 16.6 Å². The number of benzene rings is 1. The van der Waals surface area contributed by atoms with E-state index in [-0.39, 0.29) is 12.2 Å². The van der Waals surface area contributed by atoms with Crippen molar-refractivity contribution in [1.82, 2.24) is 0 Å². The molecule has 5 heteroatoms. The minimum atomic E-state index is -1.02. The first-order valence-corrected chi connectivity index (χ1v) is 7.25. The van der Waals surface area contributed by atoms with Gasteiger partial charge in [-0.1, -0.05) is 31.4 Å². The number of halogens is 1. The van der Waals surface area contributed by atoms with Crippen LogP contribution in [-0.4, -0.2) is 28.3 Å². The molecular formula is C15H20ClNO3. The number of aliphatic hydroxyl groups is 1. The molecule has 20 heavy (non-hydrogen) atoms. The molecule has 2 atom stereocenters. The second-order valence-electron chi connectivity index (χ2n) is 5.76. The quantitative estimate of drug-likeness (QED) is 0.797. The molecule has 1 aromatic carbocycles. The van der Waals surface area contributed by atoms with E-state index < -0.39 is 11.5 Å². The number of carbonyl (C=O) groups is 1. The van der Waals surface area contributed by atoms with Gasteiger partial charge < -0.3 is 15.5 Å². The van der Waals surface area contributed by atoms with Gasteiger partial charge in [-0.15, -0.1) is 0 Å². The molecule has 0 aliphatic heterocycles. The molecule has 1 aliphatic carbocycles. The van der Waals surface area contributed by atoms with Gasteiger partial charge in [-0.3, -0.25) is 0 Å². The van der Waals surface area contributed by atoms with Crippen molar-refractivity contribution in [3.63, 3.8) is 0 Å². The predicted octanol–water partition coefficient (Wildman–Crippen LogP) is 3.39. The number of carboxylic acid groups (broad SMARTS) is 1. The maximum atomic E-state index is 11.3. The third-order valence-corrected chi connectivity index (χ3v) is 4.24. The Kier molecular flexibility index (Phi) is 4.55. The summed E-state index contributed by atoms with van der Waals surface area (Å²) >= 11 is 5.85. The summed E-state index contributed by atoms with van der Waals surface area (Å²) in [6, 6.07) is 4.76. The third kappa shape index (κ3) is 3.25. The fraction of sp³-hybridized carbons (Fsp3) is 0.533. The Balaban J connectivity index is 2.30. The van der Waals surface area contributed by atoms with Gasteiger partial charge in [-0.2, -0.15) is 0 Å². The van der Waals surface area contributed by atoms with Crippen LogP contribution in [0.15, 0.2) is 18.2 Å². The Morgan fingerprint density at radius 2 is 2.30 bits per heavy atom. The van der Waals surface area contributed by atoms with E-state index in [9.17, 15) is 15.0 Å². The van der Waals surface area contributed by atoms with E-state index >= 15 is 0 Å². The van der Waals surface area contributed by atoms with Crippen molar-refractivity contribution in [3.8, 4) is 0 Å². The summed E-state index contributed by atoms with van der Waals surface area (Å²) in [5.74, 6) is -0.504. The lowest BCUT2D eigenvalue weighted by Crippen LogP contribution is -2.46. The van der Waals surface area contributed by atoms with Crippen LogP contribution in [0.3, 0.4) is 0 Å². The van der Waals surface area contributed by atoms with Gasteiger partial charge in [0, 0.05) is 10.7 Å². The average Bonchev–Trinajstić information content (AvgIpc) is 2.40. The summed E-state index contributed by atoms with van der Waals surface area (Å²) in [6.07, 6.45) is 3.86. The second kappa shape index (κ2) is 6.02. The molecule has 0 heterocycles. The first kappa shape index (κ1) is 15.1. The van der Waals surface area contributed by atoms with Crippen LogP contribution < -0.4 is 5.32 Å². The Bertz CT molecular complexity index is 506. The average molecular weight is 298 g/mol. The third-order valence-electron chi connectivity index (χ3n) is 4.01. The highest BCUT2D eigenvalue weighted by Crippen LogP contribution is 2.36. The topological polar surface area (TPSA) is 69.6 Å². The highest BCUT2D eigenvalue weighted by molar-refractivity contribution is 6.31. The Hall–Kier alpha value is -1.26. The van der Waals surface area contributed by atoms with Crippen LogP contribution in [0.25, 0.3) is 0 Å². The van der Waals surface area contributed by atoms with Crippen LogP contribution in [0.2, 0.25) is 5.02 Å². The normalized spacial score (nSPS) is 26.2. The molecule has 4 nitrogen and oxygen atoms in total. The van der Waals surface area contributed by atoms with Crippen LogP contribution >= 0.6 is 11.6 Å². The number of hydrogen-bond acceptors (Lipinski definition) is 3. The molecular weight excluding hydrogens is 278 g/mol. The number of aromatic carboxylic acids is 1. The maximum absolute atomic E-state index is 11.3. The lowest BCUT2D eigenvalue weighted by Gasteiger charge is -2.40. The Morgan fingerprint density at radius 1 is 1.55 bits per heavy atom. The Morgan fingerprint density at radius 3 is 2.90 bits per heavy atom. The molecule has 2 rings (SSSR count). The number of anilines is 1. The number of nitrogens with one attached hydrogen (secondary N) is 1. The van der Waals surface area contributed by atoms with E-state index in [1.165, 1.54) is 6.07 Å². The lowest BCUT2D eigenvalue weighted by atomic mass is 9.76. The first-order valence-electron chi connectivity index (χ1n) is 6.88. The van der Waals surface area contributed by atoms with E-state index in [1.54, 1.807) is 12.1 Å². The molecule has 1 saturated carbocycles. The van der Waals surface area contributed by atoms with E-state index in [1.807, 2.05) is 0 Å². The molecule has 1 fully saturated rings. The summed E-state index contributed by atoms with van der Waals surface area (Å²) in [4.78, 5) is 11.3. The zero-order valence-corrected chi connectivity index (χ0v) is 12.3. The van der Waals surface area contributed by atoms with Gasteiger partial charge >= 0.3 is 5.97 Å². The standard InChI is InChI=1S/C15H20ClNO3/c1-10-3-2-6-15(8-10,9-18)17-13-5-4-11(16)7-12(13)14(19)20/h4-5,7,10,17-18H,2-3,6,8-9H2,1H3,(H,19,20). The van der Waals surface area contributed by atoms with Crippen molar-refractivity contribution >= 4 is 23.3 Å². The van der Waals surface area contributed by atoms with Crippen molar-refractivity contribution < 1.29 is 15.0 Å². The van der Waals surface area contributed by atoms with E-state index in [2.05, 4.69) is 12.2 Å². The molecule has 110 valence electrons. The maximum Gasteiger partial charge on any atom is 0.337 e. The fourth-order valence-electron chi connectivity index (χ4n) is 3.04. The van der Waals surface area contributed by atoms with Crippen molar-refractivity contribution in [2.75, 3.05) is 11.9 Å². The molecule has 3 N–H and O–H groups in total. The number of carboxylic acids is 1. The van der Waals surface area contributed by atoms with Gasteiger partial charge in [0.15, 0.2) is 0 Å². The molecule has 0 aromatic heterocycles. The van der Waals surface area contributed by atoms with Gasteiger partial charge in [-0.25, -0.2) is 4.79 Å². The van der Waals surface area contributed by atoms with Crippen molar-refractivity contribution in [1.29, 1.82) is 0 Å². The molecule has 0 saturated heterocycles. The van der Waals surface area contributed by atoms with Gasteiger partial charge in [-0.05, 0) is 37.0 Å². The summed E-state index contributed by atoms with van der Waals surface area (Å²) in [5, 5.41) is 22.7. The summed E-state index contributed by atoms with van der Waals surface area (Å²) in [6.45, 7) is 2.16. The Labute approximate surface area is 123 Å². The van der Waals surface area contributed by atoms with Gasteiger partial charge in [0.25, 0.3) is 0 Å². The van der Waals surface area contributed by atoms with Crippen LogP contribution in [0.1, 0.15) is 43.0 Å². The molecule has 1 aromatic rings. The minimum absolute atomic E-state index is 0.000967.